The Morgan fingerprint density at radius 1 is 1.06 bits per heavy atom. The van der Waals surface area contributed by atoms with Gasteiger partial charge in [-0.05, 0) is 17.7 Å². The summed E-state index contributed by atoms with van der Waals surface area (Å²) in [5.41, 5.74) is 2.82. The molecule has 9 nitrogen and oxygen atoms in total. The summed E-state index contributed by atoms with van der Waals surface area (Å²) in [6.07, 6.45) is 7.21. The van der Waals surface area contributed by atoms with Crippen molar-refractivity contribution in [1.29, 1.82) is 0 Å². The topological polar surface area (TPSA) is 90.0 Å². The van der Waals surface area contributed by atoms with Gasteiger partial charge in [-0.3, -0.25) is 14.3 Å². The molecule has 0 radical (unpaired) electrons. The highest BCUT2D eigenvalue weighted by atomic mass is 16.2. The molecule has 1 atom stereocenters. The van der Waals surface area contributed by atoms with Crippen molar-refractivity contribution in [3.05, 3.63) is 95.6 Å². The summed E-state index contributed by atoms with van der Waals surface area (Å²) in [7, 11) is 3.70. The fourth-order valence-electron chi connectivity index (χ4n) is 4.27. The number of hydrogen-bond donors (Lipinski definition) is 1. The molecule has 3 aromatic heterocycles. The monoisotopic (exact) mass is 443 g/mol. The van der Waals surface area contributed by atoms with Crippen molar-refractivity contribution in [3.8, 4) is 0 Å². The molecule has 0 spiro atoms. The summed E-state index contributed by atoms with van der Waals surface area (Å²) < 4.78 is 5.49. The second-order valence-electron chi connectivity index (χ2n) is 8.20. The van der Waals surface area contributed by atoms with Crippen LogP contribution in [-0.4, -0.2) is 47.2 Å². The van der Waals surface area contributed by atoms with Crippen molar-refractivity contribution in [2.24, 2.45) is 14.1 Å². The van der Waals surface area contributed by atoms with Gasteiger partial charge >= 0.3 is 0 Å². The van der Waals surface area contributed by atoms with Crippen molar-refractivity contribution in [2.75, 3.05) is 6.54 Å². The number of carbonyl (C=O) groups is 2. The minimum absolute atomic E-state index is 0.0619. The lowest BCUT2D eigenvalue weighted by molar-refractivity contribution is 0.0649. The van der Waals surface area contributed by atoms with Gasteiger partial charge in [0.25, 0.3) is 11.8 Å². The molecule has 1 aliphatic rings. The van der Waals surface area contributed by atoms with Crippen LogP contribution in [0.15, 0.2) is 67.3 Å². The molecule has 0 saturated heterocycles. The van der Waals surface area contributed by atoms with Gasteiger partial charge < -0.3 is 19.4 Å². The van der Waals surface area contributed by atoms with Crippen molar-refractivity contribution in [2.45, 2.75) is 19.1 Å². The maximum atomic E-state index is 13.5. The average molecular weight is 444 g/mol. The molecule has 1 N–H and O–H groups in total. The zero-order valence-corrected chi connectivity index (χ0v) is 18.5. The van der Waals surface area contributed by atoms with Gasteiger partial charge in [0.05, 0.1) is 6.20 Å². The highest BCUT2D eigenvalue weighted by Gasteiger charge is 2.35. The number of carbonyl (C=O) groups excluding carboxylic acids is 2. The number of benzene rings is 1. The van der Waals surface area contributed by atoms with Gasteiger partial charge in [-0.25, -0.2) is 4.98 Å². The molecule has 5 rings (SSSR count). The lowest BCUT2D eigenvalue weighted by atomic mass is 10.0. The molecule has 1 unspecified atom stereocenters. The fraction of sp³-hybridized carbons (Fsp3) is 0.250. The van der Waals surface area contributed by atoms with Gasteiger partial charge in [0.1, 0.15) is 23.3 Å². The molecule has 0 bridgehead atoms. The summed E-state index contributed by atoms with van der Waals surface area (Å²) in [4.78, 5) is 32.8. The highest BCUT2D eigenvalue weighted by Crippen LogP contribution is 2.32. The molecule has 0 fully saturated rings. The second kappa shape index (κ2) is 8.42. The van der Waals surface area contributed by atoms with E-state index < -0.39 is 0 Å². The van der Waals surface area contributed by atoms with E-state index in [4.69, 9.17) is 4.98 Å². The number of aromatic nitrogens is 5. The zero-order valence-electron chi connectivity index (χ0n) is 18.5. The van der Waals surface area contributed by atoms with Crippen LogP contribution in [0.2, 0.25) is 0 Å². The standard InChI is InChI=1S/C24H25N7O2/c1-28-10-6-9-20(28)24(33)31-12-11-30-16-19(23(32)25-13-17-14-26-29(2)15-17)27-22(30)21(31)18-7-4-3-5-8-18/h3-10,14-16,21H,11-13H2,1-2H3,(H,25,32). The van der Waals surface area contributed by atoms with E-state index >= 15 is 0 Å². The van der Waals surface area contributed by atoms with Crippen LogP contribution in [0.3, 0.4) is 0 Å². The number of hydrogen-bond acceptors (Lipinski definition) is 4. The van der Waals surface area contributed by atoms with E-state index in [0.29, 0.717) is 36.8 Å². The minimum atomic E-state index is -0.387. The lowest BCUT2D eigenvalue weighted by Gasteiger charge is -2.36. The molecule has 0 saturated carbocycles. The average Bonchev–Trinajstić information content (AvgIpc) is 3.56. The third-order valence-electron chi connectivity index (χ3n) is 5.93. The number of fused-ring (bicyclic) bond motifs is 1. The smallest absolute Gasteiger partial charge is 0.271 e. The highest BCUT2D eigenvalue weighted by molar-refractivity contribution is 5.94. The van der Waals surface area contributed by atoms with E-state index in [-0.39, 0.29) is 17.9 Å². The van der Waals surface area contributed by atoms with E-state index in [1.54, 1.807) is 17.1 Å². The van der Waals surface area contributed by atoms with Gasteiger partial charge in [0.2, 0.25) is 0 Å². The molecule has 0 aliphatic carbocycles. The molecule has 168 valence electrons. The van der Waals surface area contributed by atoms with Crippen LogP contribution in [0.25, 0.3) is 0 Å². The number of nitrogens with one attached hydrogen (secondary N) is 1. The fourth-order valence-corrected chi connectivity index (χ4v) is 4.27. The molecule has 2 amide bonds. The van der Waals surface area contributed by atoms with Crippen LogP contribution in [0.5, 0.6) is 0 Å². The molecule has 33 heavy (non-hydrogen) atoms. The van der Waals surface area contributed by atoms with Crippen molar-refractivity contribution < 1.29 is 9.59 Å². The SMILES string of the molecule is Cn1cc(CNC(=O)c2cn3c(n2)C(c2ccccc2)N(C(=O)c2cccn2C)CC3)cn1. The molecule has 9 heteroatoms. The summed E-state index contributed by atoms with van der Waals surface area (Å²) in [5, 5.41) is 7.03. The maximum Gasteiger partial charge on any atom is 0.271 e. The second-order valence-corrected chi connectivity index (χ2v) is 8.20. The number of amides is 2. The third kappa shape index (κ3) is 3.93. The number of aryl methyl sites for hydroxylation is 2. The lowest BCUT2D eigenvalue weighted by Crippen LogP contribution is -2.43. The van der Waals surface area contributed by atoms with Crippen LogP contribution in [0.4, 0.5) is 0 Å². The van der Waals surface area contributed by atoms with Crippen molar-refractivity contribution >= 4 is 11.8 Å². The van der Waals surface area contributed by atoms with Crippen LogP contribution >= 0.6 is 0 Å². The Bertz CT molecular complexity index is 1300. The van der Waals surface area contributed by atoms with Crippen LogP contribution < -0.4 is 5.32 Å². The van der Waals surface area contributed by atoms with Gasteiger partial charge in [-0.1, -0.05) is 30.3 Å². The number of rotatable bonds is 5. The normalized spacial score (nSPS) is 15.3. The first kappa shape index (κ1) is 20.7. The number of imidazole rings is 1. The molecule has 4 heterocycles. The summed E-state index contributed by atoms with van der Waals surface area (Å²) >= 11 is 0. The maximum absolute atomic E-state index is 13.5. The summed E-state index contributed by atoms with van der Waals surface area (Å²) in [5.74, 6) is 0.364. The first-order valence-electron chi connectivity index (χ1n) is 10.8. The van der Waals surface area contributed by atoms with Crippen LogP contribution in [0.1, 0.15) is 44.0 Å². The summed E-state index contributed by atoms with van der Waals surface area (Å²) in [6, 6.07) is 13.1. The molecule has 1 aliphatic heterocycles. The third-order valence-corrected chi connectivity index (χ3v) is 5.93. The van der Waals surface area contributed by atoms with E-state index in [2.05, 4.69) is 10.4 Å². The van der Waals surface area contributed by atoms with E-state index in [0.717, 1.165) is 11.1 Å². The van der Waals surface area contributed by atoms with Crippen molar-refractivity contribution in [3.63, 3.8) is 0 Å². The molecule has 1 aromatic carbocycles. The molecule has 4 aromatic rings. The van der Waals surface area contributed by atoms with Gasteiger partial charge in [0.15, 0.2) is 0 Å². The van der Waals surface area contributed by atoms with E-state index in [9.17, 15) is 9.59 Å². The van der Waals surface area contributed by atoms with Crippen LogP contribution in [0, 0.1) is 0 Å². The van der Waals surface area contributed by atoms with E-state index in [1.807, 2.05) is 83.0 Å². The zero-order chi connectivity index (χ0) is 22.9. The Morgan fingerprint density at radius 2 is 1.88 bits per heavy atom. The molecular weight excluding hydrogens is 418 g/mol. The Hall–Kier alpha value is -4.14. The Kier molecular flexibility index (Phi) is 5.29. The van der Waals surface area contributed by atoms with Gasteiger partial charge in [0, 0.05) is 57.9 Å². The first-order chi connectivity index (χ1) is 16.0. The van der Waals surface area contributed by atoms with Crippen LogP contribution in [-0.2, 0) is 27.2 Å². The Balaban J connectivity index is 1.46. The minimum Gasteiger partial charge on any atom is -0.347 e. The van der Waals surface area contributed by atoms with E-state index in [1.165, 1.54) is 0 Å². The quantitative estimate of drug-likeness (QED) is 0.512. The predicted molar refractivity (Wildman–Crippen MR) is 121 cm³/mol. The first-order valence-corrected chi connectivity index (χ1v) is 10.8. The van der Waals surface area contributed by atoms with Gasteiger partial charge in [-0.2, -0.15) is 5.10 Å². The Labute approximate surface area is 191 Å². The summed E-state index contributed by atoms with van der Waals surface area (Å²) in [6.45, 7) is 1.45. The Morgan fingerprint density at radius 3 is 2.58 bits per heavy atom. The van der Waals surface area contributed by atoms with Gasteiger partial charge in [-0.15, -0.1) is 0 Å². The number of nitrogens with zero attached hydrogens (tertiary/aromatic N) is 6. The molecular formula is C24H25N7O2. The predicted octanol–water partition coefficient (Wildman–Crippen LogP) is 2.13. The largest absolute Gasteiger partial charge is 0.347 e. The van der Waals surface area contributed by atoms with Crippen molar-refractivity contribution in [1.82, 2.24) is 34.1 Å².